The molecule has 1 N–H and O–H groups in total. The highest BCUT2D eigenvalue weighted by molar-refractivity contribution is 4.94. The Kier molecular flexibility index (Phi) is 4.93. The van der Waals surface area contributed by atoms with E-state index < -0.39 is 0 Å². The Morgan fingerprint density at radius 1 is 1.42 bits per heavy atom. The normalized spacial score (nSPS) is 22.3. The molecule has 1 aromatic heterocycles. The summed E-state index contributed by atoms with van der Waals surface area (Å²) in [4.78, 5) is 7.05. The van der Waals surface area contributed by atoms with Gasteiger partial charge in [0.25, 0.3) is 0 Å². The topological polar surface area (TPSA) is 54.2 Å². The summed E-state index contributed by atoms with van der Waals surface area (Å²) in [7, 11) is 1.95. The number of hydrogen-bond acceptors (Lipinski definition) is 5. The lowest BCUT2D eigenvalue weighted by Gasteiger charge is -2.27. The van der Waals surface area contributed by atoms with Crippen molar-refractivity contribution in [1.29, 1.82) is 0 Å². The van der Waals surface area contributed by atoms with E-state index in [1.807, 2.05) is 7.05 Å². The number of rotatable bonds is 6. The van der Waals surface area contributed by atoms with E-state index in [9.17, 15) is 0 Å². The van der Waals surface area contributed by atoms with Crippen LogP contribution in [0, 0.1) is 0 Å². The van der Waals surface area contributed by atoms with Gasteiger partial charge in [0, 0.05) is 31.0 Å². The average Bonchev–Trinajstić information content (AvgIpc) is 2.99. The van der Waals surface area contributed by atoms with Crippen LogP contribution in [-0.4, -0.2) is 46.8 Å². The zero-order chi connectivity index (χ0) is 13.8. The smallest absolute Gasteiger partial charge is 0.228 e. The van der Waals surface area contributed by atoms with Crippen LogP contribution in [-0.2, 0) is 12.8 Å². The molecule has 19 heavy (non-hydrogen) atoms. The Morgan fingerprint density at radius 2 is 2.21 bits per heavy atom. The van der Waals surface area contributed by atoms with Crippen LogP contribution in [0.25, 0.3) is 0 Å². The summed E-state index contributed by atoms with van der Waals surface area (Å²) < 4.78 is 5.38. The molecule has 108 valence electrons. The monoisotopic (exact) mass is 266 g/mol. The Morgan fingerprint density at radius 3 is 2.89 bits per heavy atom. The zero-order valence-electron chi connectivity index (χ0n) is 12.5. The van der Waals surface area contributed by atoms with Gasteiger partial charge in [-0.2, -0.15) is 4.98 Å². The molecule has 1 aromatic rings. The van der Waals surface area contributed by atoms with Crippen LogP contribution in [0.4, 0.5) is 0 Å². The van der Waals surface area contributed by atoms with Crippen molar-refractivity contribution in [3.8, 4) is 0 Å². The van der Waals surface area contributed by atoms with Gasteiger partial charge < -0.3 is 9.84 Å². The fourth-order valence-electron chi connectivity index (χ4n) is 2.79. The number of aromatic nitrogens is 2. The van der Waals surface area contributed by atoms with E-state index in [0.29, 0.717) is 18.1 Å². The molecule has 1 aliphatic rings. The molecule has 5 nitrogen and oxygen atoms in total. The van der Waals surface area contributed by atoms with E-state index >= 15 is 0 Å². The van der Waals surface area contributed by atoms with Crippen molar-refractivity contribution in [1.82, 2.24) is 20.4 Å². The van der Waals surface area contributed by atoms with Crippen molar-refractivity contribution < 1.29 is 4.52 Å². The van der Waals surface area contributed by atoms with Gasteiger partial charge in [-0.3, -0.25) is 4.90 Å². The van der Waals surface area contributed by atoms with Crippen molar-refractivity contribution in [2.45, 2.75) is 64.6 Å². The van der Waals surface area contributed by atoms with Gasteiger partial charge in [-0.1, -0.05) is 5.16 Å². The second kappa shape index (κ2) is 6.48. The molecule has 1 saturated heterocycles. The van der Waals surface area contributed by atoms with Gasteiger partial charge in [0.2, 0.25) is 5.89 Å². The average molecular weight is 266 g/mol. The summed E-state index contributed by atoms with van der Waals surface area (Å²) in [6.07, 6.45) is 4.22. The van der Waals surface area contributed by atoms with Crippen LogP contribution in [0.1, 0.15) is 45.3 Å². The van der Waals surface area contributed by atoms with Crippen LogP contribution in [0.3, 0.4) is 0 Å². The first-order valence-electron chi connectivity index (χ1n) is 7.34. The summed E-state index contributed by atoms with van der Waals surface area (Å²) in [5.74, 6) is 1.60. The largest absolute Gasteiger partial charge is 0.339 e. The molecule has 2 heterocycles. The second-order valence-corrected chi connectivity index (χ2v) is 5.83. The van der Waals surface area contributed by atoms with Gasteiger partial charge in [-0.25, -0.2) is 0 Å². The third-order valence-electron chi connectivity index (χ3n) is 3.99. The first kappa shape index (κ1) is 14.5. The molecule has 0 radical (unpaired) electrons. The lowest BCUT2D eigenvalue weighted by atomic mass is 10.1. The maximum absolute atomic E-state index is 5.38. The third kappa shape index (κ3) is 3.76. The number of hydrogen-bond donors (Lipinski definition) is 1. The predicted molar refractivity (Wildman–Crippen MR) is 75.1 cm³/mol. The van der Waals surface area contributed by atoms with E-state index in [2.05, 4.69) is 41.1 Å². The van der Waals surface area contributed by atoms with Crippen molar-refractivity contribution >= 4 is 0 Å². The third-order valence-corrected chi connectivity index (χ3v) is 3.99. The van der Waals surface area contributed by atoms with Crippen LogP contribution in [0.5, 0.6) is 0 Å². The second-order valence-electron chi connectivity index (χ2n) is 5.83. The lowest BCUT2D eigenvalue weighted by molar-refractivity contribution is 0.192. The Balaban J connectivity index is 1.92. The molecule has 5 heteroatoms. The van der Waals surface area contributed by atoms with Gasteiger partial charge in [0.15, 0.2) is 5.82 Å². The first-order chi connectivity index (χ1) is 9.10. The van der Waals surface area contributed by atoms with Crippen LogP contribution in [0.2, 0.25) is 0 Å². The van der Waals surface area contributed by atoms with Gasteiger partial charge in [-0.05, 0) is 47.2 Å². The molecule has 1 aliphatic heterocycles. The maximum atomic E-state index is 5.38. The molecule has 0 aliphatic carbocycles. The van der Waals surface area contributed by atoms with E-state index in [1.54, 1.807) is 0 Å². The van der Waals surface area contributed by atoms with Crippen molar-refractivity contribution in [3.63, 3.8) is 0 Å². The molecular formula is C14H26N4O. The number of likely N-dealkylation sites (tertiary alicyclic amines) is 1. The Bertz CT molecular complexity index is 391. The molecule has 2 rings (SSSR count). The fourth-order valence-corrected chi connectivity index (χ4v) is 2.79. The van der Waals surface area contributed by atoms with Gasteiger partial charge in [0.1, 0.15) is 0 Å². The number of nitrogens with one attached hydrogen (secondary N) is 1. The lowest BCUT2D eigenvalue weighted by Crippen LogP contribution is -2.36. The molecular weight excluding hydrogens is 240 g/mol. The predicted octanol–water partition coefficient (Wildman–Crippen LogP) is 1.64. The molecule has 1 fully saturated rings. The highest BCUT2D eigenvalue weighted by Gasteiger charge is 2.28. The van der Waals surface area contributed by atoms with Crippen molar-refractivity contribution in [3.05, 3.63) is 11.7 Å². The molecule has 0 bridgehead atoms. The zero-order valence-corrected chi connectivity index (χ0v) is 12.5. The summed E-state index contributed by atoms with van der Waals surface area (Å²) in [6, 6.07) is 1.54. The highest BCUT2D eigenvalue weighted by Crippen LogP contribution is 2.22. The quantitative estimate of drug-likeness (QED) is 0.848. The van der Waals surface area contributed by atoms with Crippen molar-refractivity contribution in [2.24, 2.45) is 0 Å². The van der Waals surface area contributed by atoms with E-state index in [1.165, 1.54) is 19.4 Å². The highest BCUT2D eigenvalue weighted by atomic mass is 16.5. The van der Waals surface area contributed by atoms with Crippen molar-refractivity contribution in [2.75, 3.05) is 13.6 Å². The van der Waals surface area contributed by atoms with Crippen LogP contribution < -0.4 is 5.32 Å². The molecule has 0 amide bonds. The minimum Gasteiger partial charge on any atom is -0.339 e. The van der Waals surface area contributed by atoms with Gasteiger partial charge >= 0.3 is 0 Å². The SMILES string of the molecule is CNC(C)Cc1noc(CC2CCCN2C(C)C)n1. The first-order valence-corrected chi connectivity index (χ1v) is 7.34. The summed E-state index contributed by atoms with van der Waals surface area (Å²) in [6.45, 7) is 7.83. The number of likely N-dealkylation sites (N-methyl/N-ethyl adjacent to an activating group) is 1. The molecule has 0 spiro atoms. The summed E-state index contributed by atoms with van der Waals surface area (Å²) >= 11 is 0. The van der Waals surface area contributed by atoms with E-state index in [4.69, 9.17) is 4.52 Å². The molecule has 0 aromatic carbocycles. The summed E-state index contributed by atoms with van der Waals surface area (Å²) in [5.41, 5.74) is 0. The van der Waals surface area contributed by atoms with Crippen LogP contribution >= 0.6 is 0 Å². The Labute approximate surface area is 115 Å². The molecule has 2 atom stereocenters. The van der Waals surface area contributed by atoms with E-state index in [-0.39, 0.29) is 0 Å². The Hall–Kier alpha value is -0.940. The maximum Gasteiger partial charge on any atom is 0.228 e. The van der Waals surface area contributed by atoms with Crippen LogP contribution in [0.15, 0.2) is 4.52 Å². The minimum atomic E-state index is 0.379. The molecule has 2 unspecified atom stereocenters. The van der Waals surface area contributed by atoms with Gasteiger partial charge in [-0.15, -0.1) is 0 Å². The fraction of sp³-hybridized carbons (Fsp3) is 0.857. The van der Waals surface area contributed by atoms with E-state index in [0.717, 1.165) is 24.6 Å². The standard InChI is InChI=1S/C14H26N4O/c1-10(2)18-7-5-6-12(18)9-14-16-13(17-19-14)8-11(3)15-4/h10-12,15H,5-9H2,1-4H3. The molecule has 0 saturated carbocycles. The van der Waals surface area contributed by atoms with Gasteiger partial charge in [0.05, 0.1) is 0 Å². The number of nitrogens with zero attached hydrogens (tertiary/aromatic N) is 3. The summed E-state index contributed by atoms with van der Waals surface area (Å²) in [5, 5.41) is 7.26. The minimum absolute atomic E-state index is 0.379.